The van der Waals surface area contributed by atoms with Crippen molar-refractivity contribution >= 4 is 5.97 Å². The predicted molar refractivity (Wildman–Crippen MR) is 83.9 cm³/mol. The van der Waals surface area contributed by atoms with Crippen LogP contribution in [0.25, 0.3) is 5.69 Å². The molecular formula is C16H22N4O2. The van der Waals surface area contributed by atoms with E-state index >= 15 is 0 Å². The van der Waals surface area contributed by atoms with E-state index in [1.165, 1.54) is 0 Å². The number of carboxylic acids is 1. The summed E-state index contributed by atoms with van der Waals surface area (Å²) in [4.78, 5) is 10.7. The lowest BCUT2D eigenvalue weighted by molar-refractivity contribution is -0.136. The summed E-state index contributed by atoms with van der Waals surface area (Å²) < 4.78 is 1.82. The third kappa shape index (κ3) is 3.33. The van der Waals surface area contributed by atoms with E-state index in [4.69, 9.17) is 10.8 Å². The van der Waals surface area contributed by atoms with Gasteiger partial charge in [0.15, 0.2) is 0 Å². The van der Waals surface area contributed by atoms with E-state index in [1.807, 2.05) is 28.9 Å². The van der Waals surface area contributed by atoms with E-state index in [2.05, 4.69) is 24.2 Å². The Morgan fingerprint density at radius 1 is 1.27 bits per heavy atom. The minimum absolute atomic E-state index is 0.0189. The van der Waals surface area contributed by atoms with Gasteiger partial charge in [0.1, 0.15) is 5.69 Å². The fraction of sp³-hybridized carbons (Fsp3) is 0.438. The van der Waals surface area contributed by atoms with Crippen molar-refractivity contribution in [2.24, 2.45) is 5.73 Å². The summed E-state index contributed by atoms with van der Waals surface area (Å²) in [5.41, 5.74) is 9.31. The molecule has 0 bridgehead atoms. The molecule has 0 saturated heterocycles. The number of aromatic nitrogens is 3. The molecule has 1 aromatic heterocycles. The van der Waals surface area contributed by atoms with Crippen molar-refractivity contribution in [1.82, 2.24) is 15.0 Å². The van der Waals surface area contributed by atoms with Gasteiger partial charge in [0, 0.05) is 12.5 Å². The van der Waals surface area contributed by atoms with Gasteiger partial charge in [-0.3, -0.25) is 4.79 Å². The molecule has 6 nitrogen and oxygen atoms in total. The first-order chi connectivity index (χ1) is 10.6. The molecule has 0 radical (unpaired) electrons. The van der Waals surface area contributed by atoms with Crippen molar-refractivity contribution in [1.29, 1.82) is 0 Å². The predicted octanol–water partition coefficient (Wildman–Crippen LogP) is 2.26. The highest BCUT2D eigenvalue weighted by atomic mass is 16.4. The van der Waals surface area contributed by atoms with Crippen molar-refractivity contribution in [3.05, 3.63) is 41.2 Å². The Morgan fingerprint density at radius 2 is 1.91 bits per heavy atom. The van der Waals surface area contributed by atoms with Crippen LogP contribution in [0.1, 0.15) is 49.6 Å². The Labute approximate surface area is 129 Å². The number of aliphatic carboxylic acids is 1. The Kier molecular flexibility index (Phi) is 5.27. The lowest BCUT2D eigenvalue weighted by Gasteiger charge is -2.16. The standard InChI is InChI=1S/C16H22N4O2/c1-3-12(4-2)16-14(10-17)18-19-20(16)13-7-5-11(6-8-13)9-15(21)22/h5-8,12H,3-4,9-10,17H2,1-2H3,(H,21,22). The molecule has 1 heterocycles. The van der Waals surface area contributed by atoms with Crippen molar-refractivity contribution in [3.63, 3.8) is 0 Å². The quantitative estimate of drug-likeness (QED) is 0.818. The van der Waals surface area contributed by atoms with E-state index in [1.54, 1.807) is 0 Å². The van der Waals surface area contributed by atoms with Gasteiger partial charge in [0.2, 0.25) is 0 Å². The molecule has 0 saturated carbocycles. The largest absolute Gasteiger partial charge is 0.481 e. The summed E-state index contributed by atoms with van der Waals surface area (Å²) >= 11 is 0. The molecular weight excluding hydrogens is 280 g/mol. The third-order valence-electron chi connectivity index (χ3n) is 3.88. The smallest absolute Gasteiger partial charge is 0.307 e. The first kappa shape index (κ1) is 16.2. The van der Waals surface area contributed by atoms with Crippen LogP contribution in [-0.4, -0.2) is 26.1 Å². The maximum Gasteiger partial charge on any atom is 0.307 e. The highest BCUT2D eigenvalue weighted by Gasteiger charge is 2.20. The number of benzene rings is 1. The zero-order valence-corrected chi connectivity index (χ0v) is 13.0. The SMILES string of the molecule is CCC(CC)c1c(CN)nnn1-c1ccc(CC(=O)O)cc1. The van der Waals surface area contributed by atoms with Crippen molar-refractivity contribution in [2.45, 2.75) is 45.6 Å². The molecule has 118 valence electrons. The monoisotopic (exact) mass is 302 g/mol. The molecule has 0 amide bonds. The molecule has 1 aromatic carbocycles. The molecule has 2 aromatic rings. The number of carbonyl (C=O) groups is 1. The van der Waals surface area contributed by atoms with E-state index in [-0.39, 0.29) is 6.42 Å². The molecule has 3 N–H and O–H groups in total. The van der Waals surface area contributed by atoms with Crippen molar-refractivity contribution in [3.8, 4) is 5.69 Å². The summed E-state index contributed by atoms with van der Waals surface area (Å²) in [6, 6.07) is 7.37. The number of rotatable bonds is 7. The van der Waals surface area contributed by atoms with Crippen molar-refractivity contribution in [2.75, 3.05) is 0 Å². The Hall–Kier alpha value is -2.21. The summed E-state index contributed by atoms with van der Waals surface area (Å²) in [5.74, 6) is -0.483. The van der Waals surface area contributed by atoms with Crippen LogP contribution in [-0.2, 0) is 17.8 Å². The van der Waals surface area contributed by atoms with Gasteiger partial charge >= 0.3 is 5.97 Å². The Morgan fingerprint density at radius 3 is 2.41 bits per heavy atom. The van der Waals surface area contributed by atoms with Crippen LogP contribution in [0.15, 0.2) is 24.3 Å². The van der Waals surface area contributed by atoms with E-state index in [0.29, 0.717) is 12.5 Å². The zero-order chi connectivity index (χ0) is 16.1. The van der Waals surface area contributed by atoms with Crippen LogP contribution >= 0.6 is 0 Å². The lowest BCUT2D eigenvalue weighted by atomic mass is 9.97. The Bertz CT molecular complexity index is 630. The molecule has 0 unspecified atom stereocenters. The highest BCUT2D eigenvalue weighted by molar-refractivity contribution is 5.70. The van der Waals surface area contributed by atoms with E-state index in [9.17, 15) is 4.79 Å². The molecule has 0 aliphatic rings. The summed E-state index contributed by atoms with van der Waals surface area (Å²) in [7, 11) is 0. The van der Waals surface area contributed by atoms with Gasteiger partial charge in [-0.1, -0.05) is 31.2 Å². The van der Waals surface area contributed by atoms with Gasteiger partial charge in [-0.15, -0.1) is 5.10 Å². The summed E-state index contributed by atoms with van der Waals surface area (Å²) in [5, 5.41) is 17.3. The number of hydrogen-bond acceptors (Lipinski definition) is 4. The first-order valence-corrected chi connectivity index (χ1v) is 7.56. The van der Waals surface area contributed by atoms with Crippen LogP contribution in [0.5, 0.6) is 0 Å². The molecule has 6 heteroatoms. The normalized spacial score (nSPS) is 11.1. The average Bonchev–Trinajstić information content (AvgIpc) is 2.93. The minimum Gasteiger partial charge on any atom is -0.481 e. The van der Waals surface area contributed by atoms with Crippen LogP contribution in [0.4, 0.5) is 0 Å². The zero-order valence-electron chi connectivity index (χ0n) is 13.0. The third-order valence-corrected chi connectivity index (χ3v) is 3.88. The molecule has 0 atom stereocenters. The fourth-order valence-corrected chi connectivity index (χ4v) is 2.67. The minimum atomic E-state index is -0.836. The van der Waals surface area contributed by atoms with Gasteiger partial charge in [0.25, 0.3) is 0 Å². The summed E-state index contributed by atoms with van der Waals surface area (Å²) in [6.07, 6.45) is 2.01. The van der Waals surface area contributed by atoms with Gasteiger partial charge in [-0.05, 0) is 30.5 Å². The molecule has 0 fully saturated rings. The van der Waals surface area contributed by atoms with Gasteiger partial charge in [0.05, 0.1) is 17.8 Å². The second-order valence-corrected chi connectivity index (χ2v) is 5.29. The number of nitrogens with zero attached hydrogens (tertiary/aromatic N) is 3. The van der Waals surface area contributed by atoms with E-state index < -0.39 is 5.97 Å². The molecule has 0 aliphatic carbocycles. The lowest BCUT2D eigenvalue weighted by Crippen LogP contribution is -2.11. The van der Waals surface area contributed by atoms with Crippen LogP contribution < -0.4 is 5.73 Å². The van der Waals surface area contributed by atoms with Crippen LogP contribution in [0.3, 0.4) is 0 Å². The topological polar surface area (TPSA) is 94.0 Å². The van der Waals surface area contributed by atoms with Crippen LogP contribution in [0.2, 0.25) is 0 Å². The molecule has 2 rings (SSSR count). The van der Waals surface area contributed by atoms with E-state index in [0.717, 1.165) is 35.5 Å². The first-order valence-electron chi connectivity index (χ1n) is 7.56. The second kappa shape index (κ2) is 7.17. The summed E-state index contributed by atoms with van der Waals surface area (Å²) in [6.45, 7) is 4.65. The fourth-order valence-electron chi connectivity index (χ4n) is 2.67. The van der Waals surface area contributed by atoms with Crippen molar-refractivity contribution < 1.29 is 9.90 Å². The molecule has 22 heavy (non-hydrogen) atoms. The number of nitrogens with two attached hydrogens (primary N) is 1. The van der Waals surface area contributed by atoms with Gasteiger partial charge in [-0.2, -0.15) is 0 Å². The molecule has 0 aliphatic heterocycles. The Balaban J connectivity index is 2.39. The van der Waals surface area contributed by atoms with Gasteiger partial charge in [-0.25, -0.2) is 4.68 Å². The average molecular weight is 302 g/mol. The maximum atomic E-state index is 10.7. The highest BCUT2D eigenvalue weighted by Crippen LogP contribution is 2.27. The van der Waals surface area contributed by atoms with Crippen LogP contribution in [0, 0.1) is 0 Å². The maximum absolute atomic E-state index is 10.7. The number of carboxylic acid groups (broad SMARTS) is 1. The van der Waals surface area contributed by atoms with Gasteiger partial charge < -0.3 is 10.8 Å². The second-order valence-electron chi connectivity index (χ2n) is 5.29. The number of hydrogen-bond donors (Lipinski definition) is 2. The molecule has 0 spiro atoms.